The van der Waals surface area contributed by atoms with Crippen LogP contribution in [-0.2, 0) is 4.79 Å². The zero-order chi connectivity index (χ0) is 15.2. The van der Waals surface area contributed by atoms with Crippen molar-refractivity contribution >= 4 is 34.8 Å². The zero-order valence-electron chi connectivity index (χ0n) is 11.8. The first-order valence-electron chi connectivity index (χ1n) is 7.20. The maximum absolute atomic E-state index is 12.2. The van der Waals surface area contributed by atoms with Crippen molar-refractivity contribution < 1.29 is 9.90 Å². The highest BCUT2D eigenvalue weighted by Gasteiger charge is 2.24. The molecule has 0 spiro atoms. The number of nitrogens with zero attached hydrogens (tertiary/aromatic N) is 1. The minimum atomic E-state index is -0.139. The fourth-order valence-corrected chi connectivity index (χ4v) is 3.09. The van der Waals surface area contributed by atoms with Crippen molar-refractivity contribution in [3.8, 4) is 0 Å². The highest BCUT2D eigenvalue weighted by molar-refractivity contribution is 6.35. The summed E-state index contributed by atoms with van der Waals surface area (Å²) >= 11 is 11.9. The lowest BCUT2D eigenvalue weighted by Crippen LogP contribution is -2.41. The van der Waals surface area contributed by atoms with E-state index in [9.17, 15) is 4.79 Å². The van der Waals surface area contributed by atoms with Gasteiger partial charge in [-0.2, -0.15) is 0 Å². The molecule has 1 aromatic rings. The van der Waals surface area contributed by atoms with E-state index in [4.69, 9.17) is 28.3 Å². The van der Waals surface area contributed by atoms with Crippen molar-refractivity contribution in [3.63, 3.8) is 0 Å². The SMILES string of the molecule is O=C(CN(CCO)C1CCCC1)Nc1cc(Cl)ccc1Cl. The summed E-state index contributed by atoms with van der Waals surface area (Å²) in [6.07, 6.45) is 4.55. The molecule has 0 unspecified atom stereocenters. The van der Waals surface area contributed by atoms with E-state index in [0.29, 0.717) is 28.3 Å². The number of anilines is 1. The number of rotatable bonds is 6. The molecule has 2 rings (SSSR count). The van der Waals surface area contributed by atoms with Gasteiger partial charge in [0.25, 0.3) is 0 Å². The van der Waals surface area contributed by atoms with Crippen LogP contribution in [0.15, 0.2) is 18.2 Å². The molecule has 0 aromatic heterocycles. The third-order valence-electron chi connectivity index (χ3n) is 3.78. The second-order valence-corrected chi connectivity index (χ2v) is 6.15. The zero-order valence-corrected chi connectivity index (χ0v) is 13.3. The van der Waals surface area contributed by atoms with Crippen LogP contribution in [0.3, 0.4) is 0 Å². The second-order valence-electron chi connectivity index (χ2n) is 5.30. The molecular weight excluding hydrogens is 311 g/mol. The molecule has 6 heteroatoms. The molecule has 116 valence electrons. The van der Waals surface area contributed by atoms with E-state index in [-0.39, 0.29) is 19.1 Å². The number of carbonyl (C=O) groups is 1. The molecule has 1 aliphatic carbocycles. The summed E-state index contributed by atoms with van der Waals surface area (Å²) in [7, 11) is 0. The van der Waals surface area contributed by atoms with Crippen LogP contribution in [0.4, 0.5) is 5.69 Å². The lowest BCUT2D eigenvalue weighted by atomic mass is 10.2. The quantitative estimate of drug-likeness (QED) is 0.842. The van der Waals surface area contributed by atoms with Crippen molar-refractivity contribution in [2.24, 2.45) is 0 Å². The highest BCUT2D eigenvalue weighted by Crippen LogP contribution is 2.26. The largest absolute Gasteiger partial charge is 0.395 e. The predicted octanol–water partition coefficient (Wildman–Crippen LogP) is 3.17. The fourth-order valence-electron chi connectivity index (χ4n) is 2.76. The lowest BCUT2D eigenvalue weighted by Gasteiger charge is -2.27. The van der Waals surface area contributed by atoms with Gasteiger partial charge >= 0.3 is 0 Å². The van der Waals surface area contributed by atoms with Crippen LogP contribution in [0.2, 0.25) is 10.0 Å². The first-order valence-corrected chi connectivity index (χ1v) is 7.95. The summed E-state index contributed by atoms with van der Waals surface area (Å²) in [5.74, 6) is -0.139. The third kappa shape index (κ3) is 4.85. The summed E-state index contributed by atoms with van der Waals surface area (Å²) in [6.45, 7) is 0.830. The molecule has 0 bridgehead atoms. The van der Waals surface area contributed by atoms with Gasteiger partial charge < -0.3 is 10.4 Å². The molecule has 1 amide bonds. The van der Waals surface area contributed by atoms with Crippen molar-refractivity contribution in [1.29, 1.82) is 0 Å². The van der Waals surface area contributed by atoms with Gasteiger partial charge in [-0.1, -0.05) is 36.0 Å². The van der Waals surface area contributed by atoms with Crippen LogP contribution < -0.4 is 5.32 Å². The average Bonchev–Trinajstić information content (AvgIpc) is 2.96. The van der Waals surface area contributed by atoms with Gasteiger partial charge in [0.05, 0.1) is 23.9 Å². The van der Waals surface area contributed by atoms with Gasteiger partial charge in [-0.25, -0.2) is 0 Å². The number of amides is 1. The number of aliphatic hydroxyl groups is 1. The van der Waals surface area contributed by atoms with E-state index >= 15 is 0 Å². The number of halogens is 2. The molecule has 0 heterocycles. The molecular formula is C15H20Cl2N2O2. The normalized spacial score (nSPS) is 15.6. The molecule has 21 heavy (non-hydrogen) atoms. The molecule has 0 saturated heterocycles. The monoisotopic (exact) mass is 330 g/mol. The van der Waals surface area contributed by atoms with E-state index < -0.39 is 0 Å². The van der Waals surface area contributed by atoms with Gasteiger partial charge in [-0.05, 0) is 31.0 Å². The number of hydrogen-bond acceptors (Lipinski definition) is 3. The van der Waals surface area contributed by atoms with E-state index in [0.717, 1.165) is 12.8 Å². The van der Waals surface area contributed by atoms with Crippen molar-refractivity contribution in [2.45, 2.75) is 31.7 Å². The van der Waals surface area contributed by atoms with Crippen LogP contribution in [-0.4, -0.2) is 41.7 Å². The van der Waals surface area contributed by atoms with Crippen LogP contribution in [0, 0.1) is 0 Å². The summed E-state index contributed by atoms with van der Waals surface area (Å²) in [6, 6.07) is 5.35. The van der Waals surface area contributed by atoms with Crippen LogP contribution in [0.25, 0.3) is 0 Å². The summed E-state index contributed by atoms with van der Waals surface area (Å²) < 4.78 is 0. The van der Waals surface area contributed by atoms with Gasteiger partial charge in [0.1, 0.15) is 0 Å². The Labute approximate surface area is 135 Å². The Morgan fingerprint density at radius 3 is 2.71 bits per heavy atom. The van der Waals surface area contributed by atoms with Crippen LogP contribution >= 0.6 is 23.2 Å². The Kier molecular flexibility index (Phi) is 6.30. The van der Waals surface area contributed by atoms with Gasteiger partial charge in [-0.15, -0.1) is 0 Å². The fraction of sp³-hybridized carbons (Fsp3) is 0.533. The number of aliphatic hydroxyl groups excluding tert-OH is 1. The number of benzene rings is 1. The van der Waals surface area contributed by atoms with Crippen LogP contribution in [0.5, 0.6) is 0 Å². The number of hydrogen-bond donors (Lipinski definition) is 2. The third-order valence-corrected chi connectivity index (χ3v) is 4.34. The molecule has 4 nitrogen and oxygen atoms in total. The molecule has 1 aliphatic rings. The predicted molar refractivity (Wildman–Crippen MR) is 86.0 cm³/mol. The Morgan fingerprint density at radius 1 is 1.33 bits per heavy atom. The Morgan fingerprint density at radius 2 is 2.05 bits per heavy atom. The smallest absolute Gasteiger partial charge is 0.238 e. The summed E-state index contributed by atoms with van der Waals surface area (Å²) in [5, 5.41) is 12.9. The Balaban J connectivity index is 1.96. The second kappa shape index (κ2) is 7.99. The van der Waals surface area contributed by atoms with E-state index in [1.165, 1.54) is 12.8 Å². The summed E-state index contributed by atoms with van der Waals surface area (Å²) in [5.41, 5.74) is 0.518. The van der Waals surface area contributed by atoms with Gasteiger partial charge in [0.15, 0.2) is 0 Å². The minimum Gasteiger partial charge on any atom is -0.395 e. The van der Waals surface area contributed by atoms with Gasteiger partial charge in [-0.3, -0.25) is 9.69 Å². The maximum atomic E-state index is 12.2. The first-order chi connectivity index (χ1) is 10.1. The van der Waals surface area contributed by atoms with Crippen molar-refractivity contribution in [1.82, 2.24) is 4.90 Å². The first kappa shape index (κ1) is 16.6. The molecule has 1 aromatic carbocycles. The van der Waals surface area contributed by atoms with Gasteiger partial charge in [0.2, 0.25) is 5.91 Å². The highest BCUT2D eigenvalue weighted by atomic mass is 35.5. The molecule has 0 radical (unpaired) electrons. The summed E-state index contributed by atoms with van der Waals surface area (Å²) in [4.78, 5) is 14.2. The maximum Gasteiger partial charge on any atom is 0.238 e. The van der Waals surface area contributed by atoms with E-state index in [1.807, 2.05) is 4.90 Å². The van der Waals surface area contributed by atoms with E-state index in [1.54, 1.807) is 18.2 Å². The van der Waals surface area contributed by atoms with Crippen molar-refractivity contribution in [3.05, 3.63) is 28.2 Å². The molecule has 1 saturated carbocycles. The minimum absolute atomic E-state index is 0.0572. The van der Waals surface area contributed by atoms with Crippen LogP contribution in [0.1, 0.15) is 25.7 Å². The molecule has 1 fully saturated rings. The molecule has 0 aliphatic heterocycles. The van der Waals surface area contributed by atoms with Gasteiger partial charge in [0, 0.05) is 17.6 Å². The number of nitrogens with one attached hydrogen (secondary N) is 1. The van der Waals surface area contributed by atoms with Crippen molar-refractivity contribution in [2.75, 3.05) is 25.0 Å². The Hall–Kier alpha value is -0.810. The number of carbonyl (C=O) groups excluding carboxylic acids is 1. The standard InChI is InChI=1S/C15H20Cl2N2O2/c16-11-5-6-13(17)14(9-11)18-15(21)10-19(7-8-20)12-3-1-2-4-12/h5-6,9,12,20H,1-4,7-8,10H2,(H,18,21). The lowest BCUT2D eigenvalue weighted by molar-refractivity contribution is -0.118. The van der Waals surface area contributed by atoms with E-state index in [2.05, 4.69) is 5.32 Å². The Bertz CT molecular complexity index is 491. The topological polar surface area (TPSA) is 52.6 Å². The molecule has 2 N–H and O–H groups in total. The average molecular weight is 331 g/mol. The molecule has 0 atom stereocenters.